The molecule has 30 heavy (non-hydrogen) atoms. The fourth-order valence-electron chi connectivity index (χ4n) is 3.20. The molecule has 158 valence electrons. The Balaban J connectivity index is 2.10. The highest BCUT2D eigenvalue weighted by atomic mass is 35.5. The van der Waals surface area contributed by atoms with Crippen molar-refractivity contribution >= 4 is 17.6 Å². The molecule has 3 rings (SSSR count). The topological polar surface area (TPSA) is 64.3 Å². The lowest BCUT2D eigenvalue weighted by Gasteiger charge is -2.11. The van der Waals surface area contributed by atoms with E-state index in [9.17, 15) is 9.90 Å². The van der Waals surface area contributed by atoms with Crippen molar-refractivity contribution < 1.29 is 14.6 Å². The summed E-state index contributed by atoms with van der Waals surface area (Å²) in [5, 5.41) is 15.0. The summed E-state index contributed by atoms with van der Waals surface area (Å²) in [5.74, 6) is 0.0654. The number of halogens is 1. The predicted octanol–water partition coefficient (Wildman–Crippen LogP) is 6.40. The predicted molar refractivity (Wildman–Crippen MR) is 120 cm³/mol. The fourth-order valence-corrected chi connectivity index (χ4v) is 3.33. The van der Waals surface area contributed by atoms with Gasteiger partial charge < -0.3 is 9.84 Å². The summed E-state index contributed by atoms with van der Waals surface area (Å²) < 4.78 is 7.92. The normalized spacial score (nSPS) is 11.1. The Bertz CT molecular complexity index is 1010. The van der Waals surface area contributed by atoms with Gasteiger partial charge in [-0.15, -0.1) is 0 Å². The maximum Gasteiger partial charge on any atom is 0.335 e. The van der Waals surface area contributed by atoms with Crippen molar-refractivity contribution in [1.82, 2.24) is 9.78 Å². The molecule has 0 radical (unpaired) electrons. The lowest BCUT2D eigenvalue weighted by atomic mass is 10.1. The van der Waals surface area contributed by atoms with E-state index in [2.05, 4.69) is 20.8 Å². The summed E-state index contributed by atoms with van der Waals surface area (Å²) >= 11 is 6.06. The van der Waals surface area contributed by atoms with Gasteiger partial charge in [0.25, 0.3) is 0 Å². The summed E-state index contributed by atoms with van der Waals surface area (Å²) in [4.78, 5) is 11.5. The van der Waals surface area contributed by atoms with Gasteiger partial charge in [0.15, 0.2) is 0 Å². The summed E-state index contributed by atoms with van der Waals surface area (Å²) in [5.41, 5.74) is 3.54. The Kier molecular flexibility index (Phi) is 7.16. The fraction of sp³-hybridized carbons (Fsp3) is 0.333. The minimum absolute atomic E-state index is 0.208. The molecule has 0 fully saturated rings. The second-order valence-corrected chi connectivity index (χ2v) is 8.15. The van der Waals surface area contributed by atoms with E-state index in [4.69, 9.17) is 21.4 Å². The Labute approximate surface area is 182 Å². The molecular weight excluding hydrogens is 400 g/mol. The molecule has 0 amide bonds. The zero-order chi connectivity index (χ0) is 21.7. The van der Waals surface area contributed by atoms with Gasteiger partial charge in [0.2, 0.25) is 0 Å². The number of aromatic nitrogens is 2. The minimum Gasteiger partial charge on any atom is -0.493 e. The van der Waals surface area contributed by atoms with Crippen molar-refractivity contribution in [2.45, 2.75) is 40.2 Å². The zero-order valence-electron chi connectivity index (χ0n) is 17.6. The molecule has 0 atom stereocenters. The maximum atomic E-state index is 11.5. The summed E-state index contributed by atoms with van der Waals surface area (Å²) in [6.45, 7) is 7.69. The largest absolute Gasteiger partial charge is 0.493 e. The number of rotatable bonds is 9. The van der Waals surface area contributed by atoms with Gasteiger partial charge in [-0.2, -0.15) is 5.10 Å². The van der Waals surface area contributed by atoms with Crippen molar-refractivity contribution in [1.29, 1.82) is 0 Å². The van der Waals surface area contributed by atoms with Crippen LogP contribution in [0, 0.1) is 5.92 Å². The van der Waals surface area contributed by atoms with E-state index in [1.807, 2.05) is 35.0 Å². The minimum atomic E-state index is -0.976. The van der Waals surface area contributed by atoms with Crippen LogP contribution in [0.2, 0.25) is 5.02 Å². The van der Waals surface area contributed by atoms with Crippen molar-refractivity contribution in [3.63, 3.8) is 0 Å². The van der Waals surface area contributed by atoms with Gasteiger partial charge in [-0.1, -0.05) is 50.9 Å². The number of aromatic carboxylic acids is 1. The standard InChI is InChI=1S/C24H27ClN2O3/c1-4-5-12-30-23-11-8-18(24(28)29)13-20(23)21-14-22(27(26-21)15-16(2)3)17-6-9-19(25)10-7-17/h6-11,13-14,16H,4-5,12,15H2,1-3H3,(H,28,29). The third-order valence-electron chi connectivity index (χ3n) is 4.72. The molecule has 0 bridgehead atoms. The summed E-state index contributed by atoms with van der Waals surface area (Å²) in [7, 11) is 0. The quantitative estimate of drug-likeness (QED) is 0.402. The molecule has 1 N–H and O–H groups in total. The number of ether oxygens (including phenoxy) is 1. The van der Waals surface area contributed by atoms with Gasteiger partial charge in [-0.05, 0) is 54.3 Å². The third kappa shape index (κ3) is 5.22. The molecule has 2 aromatic carbocycles. The molecule has 0 spiro atoms. The van der Waals surface area contributed by atoms with E-state index in [1.165, 1.54) is 0 Å². The van der Waals surface area contributed by atoms with Crippen molar-refractivity contribution in [2.75, 3.05) is 6.61 Å². The number of carboxylic acids is 1. The molecule has 1 heterocycles. The first-order valence-electron chi connectivity index (χ1n) is 10.2. The molecule has 0 aliphatic heterocycles. The lowest BCUT2D eigenvalue weighted by molar-refractivity contribution is 0.0697. The second-order valence-electron chi connectivity index (χ2n) is 7.72. The van der Waals surface area contributed by atoms with Crippen molar-refractivity contribution in [3.8, 4) is 28.3 Å². The molecule has 0 unspecified atom stereocenters. The van der Waals surface area contributed by atoms with Crippen LogP contribution in [0.3, 0.4) is 0 Å². The smallest absolute Gasteiger partial charge is 0.335 e. The molecular formula is C24H27ClN2O3. The van der Waals surface area contributed by atoms with Gasteiger partial charge in [0.1, 0.15) is 5.75 Å². The van der Waals surface area contributed by atoms with E-state index < -0.39 is 5.97 Å². The van der Waals surface area contributed by atoms with Gasteiger partial charge in [0, 0.05) is 17.1 Å². The average molecular weight is 427 g/mol. The monoisotopic (exact) mass is 426 g/mol. The average Bonchev–Trinajstić information content (AvgIpc) is 3.11. The van der Waals surface area contributed by atoms with Crippen LogP contribution in [-0.2, 0) is 6.54 Å². The van der Waals surface area contributed by atoms with E-state index in [-0.39, 0.29) is 5.56 Å². The number of carboxylic acid groups (broad SMARTS) is 1. The molecule has 0 saturated heterocycles. The van der Waals surface area contributed by atoms with E-state index in [0.29, 0.717) is 34.6 Å². The SMILES string of the molecule is CCCCOc1ccc(C(=O)O)cc1-c1cc(-c2ccc(Cl)cc2)n(CC(C)C)n1. The highest BCUT2D eigenvalue weighted by Gasteiger charge is 2.18. The Morgan fingerprint density at radius 3 is 2.53 bits per heavy atom. The Hall–Kier alpha value is -2.79. The van der Waals surface area contributed by atoms with Crippen LogP contribution < -0.4 is 4.74 Å². The Morgan fingerprint density at radius 2 is 1.90 bits per heavy atom. The van der Waals surface area contributed by atoms with Gasteiger partial charge in [-0.25, -0.2) is 4.79 Å². The molecule has 1 aromatic heterocycles. The van der Waals surface area contributed by atoms with Crippen LogP contribution in [0.5, 0.6) is 5.75 Å². The van der Waals surface area contributed by atoms with Crippen LogP contribution in [-0.4, -0.2) is 27.5 Å². The number of benzene rings is 2. The number of hydrogen-bond acceptors (Lipinski definition) is 3. The highest BCUT2D eigenvalue weighted by molar-refractivity contribution is 6.30. The molecule has 0 aliphatic rings. The zero-order valence-corrected chi connectivity index (χ0v) is 18.3. The van der Waals surface area contributed by atoms with Crippen LogP contribution >= 0.6 is 11.6 Å². The second kappa shape index (κ2) is 9.81. The lowest BCUT2D eigenvalue weighted by Crippen LogP contribution is -2.08. The van der Waals surface area contributed by atoms with E-state index >= 15 is 0 Å². The van der Waals surface area contributed by atoms with Gasteiger partial charge in [0.05, 0.1) is 23.6 Å². The first-order valence-corrected chi connectivity index (χ1v) is 10.6. The van der Waals surface area contributed by atoms with E-state index in [0.717, 1.165) is 30.6 Å². The molecule has 3 aromatic rings. The van der Waals surface area contributed by atoms with E-state index in [1.54, 1.807) is 18.2 Å². The Morgan fingerprint density at radius 1 is 1.17 bits per heavy atom. The number of nitrogens with zero attached hydrogens (tertiary/aromatic N) is 2. The van der Waals surface area contributed by atoms with Gasteiger partial charge >= 0.3 is 5.97 Å². The molecule has 0 saturated carbocycles. The summed E-state index contributed by atoms with van der Waals surface area (Å²) in [6, 6.07) is 14.5. The maximum absolute atomic E-state index is 11.5. The van der Waals surface area contributed by atoms with Crippen LogP contribution in [0.1, 0.15) is 44.0 Å². The third-order valence-corrected chi connectivity index (χ3v) is 4.97. The van der Waals surface area contributed by atoms with Crippen molar-refractivity contribution in [3.05, 3.63) is 59.1 Å². The van der Waals surface area contributed by atoms with Crippen LogP contribution in [0.25, 0.3) is 22.5 Å². The highest BCUT2D eigenvalue weighted by Crippen LogP contribution is 2.34. The first-order chi connectivity index (χ1) is 14.4. The number of carbonyl (C=O) groups is 1. The number of hydrogen-bond donors (Lipinski definition) is 1. The van der Waals surface area contributed by atoms with Crippen LogP contribution in [0.15, 0.2) is 48.5 Å². The molecule has 5 nitrogen and oxygen atoms in total. The number of unbranched alkanes of at least 4 members (excludes halogenated alkanes) is 1. The first kappa shape index (κ1) is 21.9. The summed E-state index contributed by atoms with van der Waals surface area (Å²) in [6.07, 6.45) is 1.95. The molecule has 0 aliphatic carbocycles. The van der Waals surface area contributed by atoms with Crippen LogP contribution in [0.4, 0.5) is 0 Å². The van der Waals surface area contributed by atoms with Crippen molar-refractivity contribution in [2.24, 2.45) is 5.92 Å². The molecule has 6 heteroatoms. The van der Waals surface area contributed by atoms with Gasteiger partial charge in [-0.3, -0.25) is 4.68 Å².